The van der Waals surface area contributed by atoms with Crippen molar-refractivity contribution in [3.05, 3.63) is 51.9 Å². The van der Waals surface area contributed by atoms with E-state index in [1.165, 1.54) is 0 Å². The van der Waals surface area contributed by atoms with Crippen LogP contribution < -0.4 is 10.1 Å². The van der Waals surface area contributed by atoms with Crippen molar-refractivity contribution in [2.45, 2.75) is 13.5 Å². The summed E-state index contributed by atoms with van der Waals surface area (Å²) in [5, 5.41) is 34.0. The van der Waals surface area contributed by atoms with E-state index in [0.29, 0.717) is 23.1 Å². The minimum Gasteiger partial charge on any atom is -0.486 e. The number of hydrogen-bond donors (Lipinski definition) is 1. The Morgan fingerprint density at radius 1 is 1.24 bits per heavy atom. The fraction of sp³-hybridized carbons (Fsp3) is 0.176. The molecule has 1 N–H and O–H groups in total. The summed E-state index contributed by atoms with van der Waals surface area (Å²) in [6.45, 7) is 2.20. The van der Waals surface area contributed by atoms with Crippen molar-refractivity contribution in [2.24, 2.45) is 7.05 Å². The van der Waals surface area contributed by atoms with Crippen LogP contribution in [0, 0.1) is 40.9 Å². The molecule has 0 bridgehead atoms. The molecule has 2 aromatic rings. The Bertz CT molecular complexity index is 939. The fourth-order valence-electron chi connectivity index (χ4n) is 2.07. The van der Waals surface area contributed by atoms with Gasteiger partial charge in [0.05, 0.1) is 16.4 Å². The predicted octanol–water partition coefficient (Wildman–Crippen LogP) is 3.20. The first-order valence-electron chi connectivity index (χ1n) is 7.12. The molecule has 25 heavy (non-hydrogen) atoms. The highest BCUT2D eigenvalue weighted by Gasteiger charge is 2.09. The van der Waals surface area contributed by atoms with Gasteiger partial charge in [-0.15, -0.1) is 0 Å². The molecule has 0 atom stereocenters. The van der Waals surface area contributed by atoms with E-state index < -0.39 is 0 Å². The van der Waals surface area contributed by atoms with Gasteiger partial charge in [-0.2, -0.15) is 20.9 Å². The van der Waals surface area contributed by atoms with Gasteiger partial charge in [0.2, 0.25) is 0 Å². The Kier molecular flexibility index (Phi) is 5.63. The molecule has 0 saturated carbocycles. The molecule has 8 heteroatoms. The van der Waals surface area contributed by atoms with Gasteiger partial charge in [-0.3, -0.25) is 4.68 Å². The zero-order valence-electron chi connectivity index (χ0n) is 13.5. The van der Waals surface area contributed by atoms with Gasteiger partial charge >= 0.3 is 0 Å². The number of rotatable bonds is 5. The van der Waals surface area contributed by atoms with E-state index in [4.69, 9.17) is 32.1 Å². The van der Waals surface area contributed by atoms with Crippen molar-refractivity contribution < 1.29 is 4.74 Å². The minimum absolute atomic E-state index is 0.139. The smallest absolute Gasteiger partial charge is 0.163 e. The van der Waals surface area contributed by atoms with Crippen LogP contribution >= 0.6 is 11.6 Å². The summed E-state index contributed by atoms with van der Waals surface area (Å²) in [5.74, 6) is 0.467. The first-order valence-corrected chi connectivity index (χ1v) is 7.49. The monoisotopic (exact) mass is 352 g/mol. The molecule has 0 unspecified atom stereocenters. The molecule has 7 nitrogen and oxygen atoms in total. The summed E-state index contributed by atoms with van der Waals surface area (Å²) in [4.78, 5) is 0. The molecule has 0 amide bonds. The molecule has 0 fully saturated rings. The molecule has 0 spiro atoms. The quantitative estimate of drug-likeness (QED) is 0.827. The summed E-state index contributed by atoms with van der Waals surface area (Å²) in [5.41, 5.74) is 1.82. The van der Waals surface area contributed by atoms with Gasteiger partial charge in [-0.1, -0.05) is 11.6 Å². The average molecular weight is 353 g/mol. The molecule has 0 saturated heterocycles. The molecule has 1 aromatic carbocycles. The maximum Gasteiger partial charge on any atom is 0.163 e. The highest BCUT2D eigenvalue weighted by Crippen LogP contribution is 2.29. The van der Waals surface area contributed by atoms with Crippen molar-refractivity contribution in [1.82, 2.24) is 9.78 Å². The number of allylic oxidation sites excluding steroid dienone is 2. The molecule has 0 aliphatic heterocycles. The lowest BCUT2D eigenvalue weighted by Crippen LogP contribution is -2.04. The van der Waals surface area contributed by atoms with E-state index >= 15 is 0 Å². The van der Waals surface area contributed by atoms with E-state index in [1.54, 1.807) is 41.1 Å². The lowest BCUT2D eigenvalue weighted by atomic mass is 10.2. The van der Waals surface area contributed by atoms with E-state index in [0.717, 1.165) is 11.4 Å². The number of ether oxygens (including phenoxy) is 1. The summed E-state index contributed by atoms with van der Waals surface area (Å²) in [6.07, 6.45) is 0. The maximum absolute atomic E-state index is 9.04. The normalized spacial score (nSPS) is 9.44. The van der Waals surface area contributed by atoms with Crippen molar-refractivity contribution in [1.29, 1.82) is 15.8 Å². The topological polar surface area (TPSA) is 110 Å². The van der Waals surface area contributed by atoms with Crippen LogP contribution in [0.2, 0.25) is 5.02 Å². The fourth-order valence-corrected chi connectivity index (χ4v) is 2.31. The standard InChI is InChI=1S/C17H13ClN6O/c1-11-5-14(24(2)23-11)10-25-17-4-3-13(6-15(17)18)22-16(9-21)12(7-19)8-20/h3-6,22H,10H2,1-2H3. The zero-order chi connectivity index (χ0) is 18.4. The number of nitriles is 3. The number of nitrogens with zero attached hydrogens (tertiary/aromatic N) is 5. The number of hydrogen-bond acceptors (Lipinski definition) is 6. The molecule has 124 valence electrons. The predicted molar refractivity (Wildman–Crippen MR) is 91.2 cm³/mol. The van der Waals surface area contributed by atoms with E-state index in [9.17, 15) is 0 Å². The van der Waals surface area contributed by atoms with Crippen LogP contribution in [0.25, 0.3) is 0 Å². The summed E-state index contributed by atoms with van der Waals surface area (Å²) in [7, 11) is 1.83. The molecular formula is C17H13ClN6O. The summed E-state index contributed by atoms with van der Waals surface area (Å²) in [6, 6.07) is 11.9. The average Bonchev–Trinajstić information content (AvgIpc) is 2.91. The van der Waals surface area contributed by atoms with Crippen LogP contribution in [0.15, 0.2) is 35.5 Å². The number of halogens is 1. The largest absolute Gasteiger partial charge is 0.486 e. The van der Waals surface area contributed by atoms with Gasteiger partial charge in [0.25, 0.3) is 0 Å². The lowest BCUT2D eigenvalue weighted by molar-refractivity contribution is 0.295. The van der Waals surface area contributed by atoms with Gasteiger partial charge in [-0.25, -0.2) is 0 Å². The third-order valence-corrected chi connectivity index (χ3v) is 3.56. The number of aryl methyl sites for hydroxylation is 2. The van der Waals surface area contributed by atoms with Gasteiger partial charge in [0.1, 0.15) is 36.3 Å². The van der Waals surface area contributed by atoms with Gasteiger partial charge in [0, 0.05) is 12.7 Å². The van der Waals surface area contributed by atoms with Gasteiger partial charge < -0.3 is 10.1 Å². The van der Waals surface area contributed by atoms with Crippen LogP contribution in [0.4, 0.5) is 5.69 Å². The third kappa shape index (κ3) is 4.29. The van der Waals surface area contributed by atoms with Gasteiger partial charge in [-0.05, 0) is 31.2 Å². The van der Waals surface area contributed by atoms with Crippen LogP contribution in [0.1, 0.15) is 11.4 Å². The minimum atomic E-state index is -0.300. The second-order valence-corrected chi connectivity index (χ2v) is 5.45. The van der Waals surface area contributed by atoms with E-state index in [2.05, 4.69) is 10.4 Å². The molecule has 2 rings (SSSR count). The van der Waals surface area contributed by atoms with E-state index in [1.807, 2.05) is 20.0 Å². The van der Waals surface area contributed by atoms with Crippen LogP contribution in [-0.2, 0) is 13.7 Å². The highest BCUT2D eigenvalue weighted by atomic mass is 35.5. The van der Waals surface area contributed by atoms with Crippen LogP contribution in [0.3, 0.4) is 0 Å². The Balaban J connectivity index is 2.15. The Labute approximate surface area is 149 Å². The first kappa shape index (κ1) is 17.9. The lowest BCUT2D eigenvalue weighted by Gasteiger charge is -2.10. The Morgan fingerprint density at radius 2 is 1.96 bits per heavy atom. The van der Waals surface area contributed by atoms with Gasteiger partial charge in [0.15, 0.2) is 5.57 Å². The van der Waals surface area contributed by atoms with Crippen LogP contribution in [0.5, 0.6) is 5.75 Å². The Hall–Kier alpha value is -3.47. The number of benzene rings is 1. The molecule has 0 aliphatic rings. The molecule has 0 aliphatic carbocycles. The molecular weight excluding hydrogens is 340 g/mol. The number of nitrogens with one attached hydrogen (secondary N) is 1. The van der Waals surface area contributed by atoms with E-state index in [-0.39, 0.29) is 11.3 Å². The SMILES string of the molecule is Cc1cc(COc2ccc(NC(C#N)=C(C#N)C#N)cc2Cl)n(C)n1. The van der Waals surface area contributed by atoms with Crippen molar-refractivity contribution in [2.75, 3.05) is 5.32 Å². The number of anilines is 1. The van der Waals surface area contributed by atoms with Crippen LogP contribution in [-0.4, -0.2) is 9.78 Å². The van der Waals surface area contributed by atoms with Crippen molar-refractivity contribution in [3.63, 3.8) is 0 Å². The number of aromatic nitrogens is 2. The molecule has 0 radical (unpaired) electrons. The summed E-state index contributed by atoms with van der Waals surface area (Å²) >= 11 is 6.20. The summed E-state index contributed by atoms with van der Waals surface area (Å²) < 4.78 is 7.42. The second-order valence-electron chi connectivity index (χ2n) is 5.04. The van der Waals surface area contributed by atoms with Crippen molar-refractivity contribution >= 4 is 17.3 Å². The first-order chi connectivity index (χ1) is 12.0. The molecule has 1 aromatic heterocycles. The maximum atomic E-state index is 9.04. The Morgan fingerprint density at radius 3 is 2.48 bits per heavy atom. The molecule has 1 heterocycles. The highest BCUT2D eigenvalue weighted by molar-refractivity contribution is 6.32. The third-order valence-electron chi connectivity index (χ3n) is 3.26. The second kappa shape index (κ2) is 7.88. The zero-order valence-corrected chi connectivity index (χ0v) is 14.3. The van der Waals surface area contributed by atoms with Crippen molar-refractivity contribution in [3.8, 4) is 24.0 Å².